The van der Waals surface area contributed by atoms with Crippen LogP contribution in [0, 0.1) is 6.92 Å². The maximum Gasteiger partial charge on any atom is 0.170 e. The molecule has 1 aromatic rings. The number of rotatable bonds is 6. The Bertz CT molecular complexity index is 402. The first kappa shape index (κ1) is 16.0. The first-order valence-electron chi connectivity index (χ1n) is 7.29. The predicted octanol–water partition coefficient (Wildman–Crippen LogP) is 4.21. The van der Waals surface area contributed by atoms with Crippen LogP contribution < -0.4 is 10.6 Å². The Labute approximate surface area is 123 Å². The van der Waals surface area contributed by atoms with E-state index >= 15 is 0 Å². The summed E-state index contributed by atoms with van der Waals surface area (Å²) in [7, 11) is 0. The van der Waals surface area contributed by atoms with Gasteiger partial charge in [0.1, 0.15) is 0 Å². The van der Waals surface area contributed by atoms with Crippen LogP contribution >= 0.6 is 12.2 Å². The largest absolute Gasteiger partial charge is 0.362 e. The lowest BCUT2D eigenvalue weighted by atomic mass is 10.00. The third kappa shape index (κ3) is 4.83. The van der Waals surface area contributed by atoms with Gasteiger partial charge in [0.2, 0.25) is 0 Å². The first-order valence-corrected chi connectivity index (χ1v) is 7.70. The number of hydrogen-bond donors (Lipinski definition) is 2. The summed E-state index contributed by atoms with van der Waals surface area (Å²) in [5.74, 6) is 0. The molecule has 106 valence electrons. The van der Waals surface area contributed by atoms with Crippen LogP contribution in [-0.2, 0) is 12.8 Å². The number of hydrogen-bond acceptors (Lipinski definition) is 1. The molecule has 1 aromatic carbocycles. The molecule has 0 atom stereocenters. The van der Waals surface area contributed by atoms with Gasteiger partial charge in [0.05, 0.1) is 0 Å². The smallest absolute Gasteiger partial charge is 0.170 e. The molecule has 0 spiro atoms. The lowest BCUT2D eigenvalue weighted by Gasteiger charge is -2.18. The lowest BCUT2D eigenvalue weighted by molar-refractivity contribution is 0.758. The van der Waals surface area contributed by atoms with Crippen LogP contribution in [0.25, 0.3) is 0 Å². The highest BCUT2D eigenvalue weighted by Gasteiger charge is 2.09. The minimum absolute atomic E-state index is 0.738. The van der Waals surface area contributed by atoms with Crippen molar-refractivity contribution >= 4 is 23.0 Å². The van der Waals surface area contributed by atoms with Crippen molar-refractivity contribution in [1.82, 2.24) is 5.32 Å². The van der Waals surface area contributed by atoms with Crippen molar-refractivity contribution in [2.45, 2.75) is 53.4 Å². The van der Waals surface area contributed by atoms with Gasteiger partial charge in [0.25, 0.3) is 0 Å². The van der Waals surface area contributed by atoms with Crippen molar-refractivity contribution < 1.29 is 0 Å². The number of unbranched alkanes of at least 4 members (excludes halogenated alkanes) is 1. The van der Waals surface area contributed by atoms with Gasteiger partial charge in [0, 0.05) is 12.2 Å². The minimum Gasteiger partial charge on any atom is -0.362 e. The summed E-state index contributed by atoms with van der Waals surface area (Å²) < 4.78 is 0. The standard InChI is InChI=1S/C16H26N2S/c1-5-8-9-17-16(19)18-15-13(6-2)10-12(4)11-14(15)7-3/h10-11H,5-9H2,1-4H3,(H2,17,18,19). The van der Waals surface area contributed by atoms with Crippen molar-refractivity contribution in [3.05, 3.63) is 28.8 Å². The van der Waals surface area contributed by atoms with Crippen molar-refractivity contribution in [3.63, 3.8) is 0 Å². The molecule has 0 fully saturated rings. The summed E-state index contributed by atoms with van der Waals surface area (Å²) in [5.41, 5.74) is 5.21. The second-order valence-corrected chi connectivity index (χ2v) is 5.31. The van der Waals surface area contributed by atoms with Crippen LogP contribution in [0.2, 0.25) is 0 Å². The summed E-state index contributed by atoms with van der Waals surface area (Å²) in [4.78, 5) is 0. The van der Waals surface area contributed by atoms with E-state index in [2.05, 4.69) is 50.5 Å². The third-order valence-corrected chi connectivity index (χ3v) is 3.51. The maximum atomic E-state index is 5.38. The van der Waals surface area contributed by atoms with Gasteiger partial charge < -0.3 is 10.6 Å². The van der Waals surface area contributed by atoms with Gasteiger partial charge in [-0.3, -0.25) is 0 Å². The molecule has 0 aliphatic heterocycles. The number of benzene rings is 1. The lowest BCUT2D eigenvalue weighted by Crippen LogP contribution is -2.30. The zero-order valence-electron chi connectivity index (χ0n) is 12.6. The normalized spacial score (nSPS) is 10.3. The van der Waals surface area contributed by atoms with Gasteiger partial charge in [-0.15, -0.1) is 0 Å². The van der Waals surface area contributed by atoms with E-state index < -0.39 is 0 Å². The molecule has 3 heteroatoms. The average Bonchev–Trinajstić information content (AvgIpc) is 2.40. The van der Waals surface area contributed by atoms with E-state index in [4.69, 9.17) is 12.2 Å². The van der Waals surface area contributed by atoms with E-state index in [0.717, 1.165) is 30.9 Å². The molecule has 0 radical (unpaired) electrons. The molecule has 0 saturated heterocycles. The topological polar surface area (TPSA) is 24.1 Å². The summed E-state index contributed by atoms with van der Waals surface area (Å²) >= 11 is 5.38. The van der Waals surface area contributed by atoms with E-state index in [1.807, 2.05) is 0 Å². The molecule has 0 aliphatic rings. The number of anilines is 1. The van der Waals surface area contributed by atoms with E-state index in [9.17, 15) is 0 Å². The summed E-state index contributed by atoms with van der Waals surface area (Å²) in [5, 5.41) is 7.39. The van der Waals surface area contributed by atoms with Crippen molar-refractivity contribution in [1.29, 1.82) is 0 Å². The van der Waals surface area contributed by atoms with Crippen molar-refractivity contribution in [3.8, 4) is 0 Å². The fourth-order valence-corrected chi connectivity index (χ4v) is 2.40. The third-order valence-electron chi connectivity index (χ3n) is 3.26. The molecule has 0 amide bonds. The average molecular weight is 278 g/mol. The first-order chi connectivity index (χ1) is 9.12. The summed E-state index contributed by atoms with van der Waals surface area (Å²) in [6.45, 7) is 9.65. The second-order valence-electron chi connectivity index (χ2n) is 4.90. The second kappa shape index (κ2) is 8.16. The zero-order valence-corrected chi connectivity index (χ0v) is 13.4. The molecular weight excluding hydrogens is 252 g/mol. The van der Waals surface area contributed by atoms with Crippen LogP contribution in [0.5, 0.6) is 0 Å². The Morgan fingerprint density at radius 2 is 1.68 bits per heavy atom. The molecule has 19 heavy (non-hydrogen) atoms. The fourth-order valence-electron chi connectivity index (χ4n) is 2.20. The number of aryl methyl sites for hydroxylation is 3. The fraction of sp³-hybridized carbons (Fsp3) is 0.562. The van der Waals surface area contributed by atoms with Gasteiger partial charge in [0.15, 0.2) is 5.11 Å². The van der Waals surface area contributed by atoms with E-state index in [1.54, 1.807) is 0 Å². The van der Waals surface area contributed by atoms with Crippen molar-refractivity contribution in [2.24, 2.45) is 0 Å². The molecule has 0 saturated carbocycles. The minimum atomic E-state index is 0.738. The van der Waals surface area contributed by atoms with E-state index in [1.165, 1.54) is 28.8 Å². The Balaban J connectivity index is 2.83. The van der Waals surface area contributed by atoms with Crippen LogP contribution in [0.3, 0.4) is 0 Å². The van der Waals surface area contributed by atoms with Gasteiger partial charge in [-0.05, 0) is 49.5 Å². The molecular formula is C16H26N2S. The van der Waals surface area contributed by atoms with Gasteiger partial charge in [-0.1, -0.05) is 44.9 Å². The van der Waals surface area contributed by atoms with E-state index in [0.29, 0.717) is 0 Å². The number of nitrogens with one attached hydrogen (secondary N) is 2. The Morgan fingerprint density at radius 1 is 1.11 bits per heavy atom. The maximum absolute atomic E-state index is 5.38. The highest BCUT2D eigenvalue weighted by molar-refractivity contribution is 7.80. The highest BCUT2D eigenvalue weighted by atomic mass is 32.1. The Kier molecular flexibility index (Phi) is 6.85. The molecule has 0 heterocycles. The van der Waals surface area contributed by atoms with Crippen LogP contribution in [0.4, 0.5) is 5.69 Å². The molecule has 0 bridgehead atoms. The zero-order chi connectivity index (χ0) is 14.3. The molecule has 2 nitrogen and oxygen atoms in total. The summed E-state index contributed by atoms with van der Waals surface area (Å²) in [6, 6.07) is 4.49. The van der Waals surface area contributed by atoms with E-state index in [-0.39, 0.29) is 0 Å². The van der Waals surface area contributed by atoms with Gasteiger partial charge >= 0.3 is 0 Å². The molecule has 0 aliphatic carbocycles. The van der Waals surface area contributed by atoms with Gasteiger partial charge in [-0.25, -0.2) is 0 Å². The van der Waals surface area contributed by atoms with Crippen LogP contribution in [0.15, 0.2) is 12.1 Å². The Morgan fingerprint density at radius 3 is 2.16 bits per heavy atom. The molecule has 0 unspecified atom stereocenters. The molecule has 0 aromatic heterocycles. The highest BCUT2D eigenvalue weighted by Crippen LogP contribution is 2.24. The van der Waals surface area contributed by atoms with Crippen LogP contribution in [-0.4, -0.2) is 11.7 Å². The molecule has 1 rings (SSSR count). The predicted molar refractivity (Wildman–Crippen MR) is 89.1 cm³/mol. The SMILES string of the molecule is CCCCNC(=S)Nc1c(CC)cc(C)cc1CC. The van der Waals surface area contributed by atoms with Crippen molar-refractivity contribution in [2.75, 3.05) is 11.9 Å². The molecule has 2 N–H and O–H groups in total. The summed E-state index contributed by atoms with van der Waals surface area (Å²) in [6.07, 6.45) is 4.38. The quantitative estimate of drug-likeness (QED) is 0.602. The van der Waals surface area contributed by atoms with Gasteiger partial charge in [-0.2, -0.15) is 0 Å². The monoisotopic (exact) mass is 278 g/mol. The number of thiocarbonyl (C=S) groups is 1. The Hall–Kier alpha value is -1.09. The van der Waals surface area contributed by atoms with Crippen LogP contribution in [0.1, 0.15) is 50.3 Å².